The quantitative estimate of drug-likeness (QED) is 0.802. The monoisotopic (exact) mass is 280 g/mol. The first kappa shape index (κ1) is 14.4. The third-order valence-electron chi connectivity index (χ3n) is 3.33. The van der Waals surface area contributed by atoms with Crippen LogP contribution < -0.4 is 5.32 Å². The Bertz CT molecular complexity index is 454. The fourth-order valence-electron chi connectivity index (χ4n) is 2.10. The summed E-state index contributed by atoms with van der Waals surface area (Å²) in [6, 6.07) is 2.62. The maximum absolute atomic E-state index is 12.3. The Balaban J connectivity index is 1.97. The Morgan fingerprint density at radius 2 is 2.30 bits per heavy atom. The number of hydrogen-bond donors (Lipinski definition) is 2. The number of carbonyl (C=O) groups is 2. The standard InChI is InChI=1S/C14H20N2O4/c1-2-4-12(13(17)18)15-14(19)16(10-6-7-10)9-11-5-3-8-20-11/h3,5,8,10,12H,2,4,6-7,9H2,1H3,(H,15,19)(H,17,18)/t12-/m1/s1. The van der Waals surface area contributed by atoms with Gasteiger partial charge in [-0.3, -0.25) is 0 Å². The number of carboxylic acid groups (broad SMARTS) is 1. The second kappa shape index (κ2) is 6.45. The van der Waals surface area contributed by atoms with E-state index in [9.17, 15) is 9.59 Å². The van der Waals surface area contributed by atoms with Gasteiger partial charge in [0, 0.05) is 6.04 Å². The lowest BCUT2D eigenvalue weighted by Crippen LogP contribution is -2.48. The topological polar surface area (TPSA) is 82.8 Å². The van der Waals surface area contributed by atoms with E-state index >= 15 is 0 Å². The van der Waals surface area contributed by atoms with Crippen molar-refractivity contribution in [3.63, 3.8) is 0 Å². The molecule has 1 saturated carbocycles. The molecule has 110 valence electrons. The highest BCUT2D eigenvalue weighted by Crippen LogP contribution is 2.28. The third kappa shape index (κ3) is 3.76. The molecule has 0 spiro atoms. The van der Waals surface area contributed by atoms with Crippen molar-refractivity contribution in [1.82, 2.24) is 10.2 Å². The molecule has 0 aliphatic heterocycles. The Morgan fingerprint density at radius 3 is 2.80 bits per heavy atom. The van der Waals surface area contributed by atoms with Crippen molar-refractivity contribution in [1.29, 1.82) is 0 Å². The van der Waals surface area contributed by atoms with Crippen LogP contribution in [0.2, 0.25) is 0 Å². The molecule has 6 heteroatoms. The average molecular weight is 280 g/mol. The number of furan rings is 1. The number of carboxylic acids is 1. The van der Waals surface area contributed by atoms with Crippen molar-refractivity contribution >= 4 is 12.0 Å². The van der Waals surface area contributed by atoms with Gasteiger partial charge in [0.1, 0.15) is 11.8 Å². The molecule has 0 aromatic carbocycles. The Labute approximate surface area is 117 Å². The number of nitrogens with zero attached hydrogens (tertiary/aromatic N) is 1. The minimum Gasteiger partial charge on any atom is -0.480 e. The highest BCUT2D eigenvalue weighted by atomic mass is 16.4. The summed E-state index contributed by atoms with van der Waals surface area (Å²) in [5, 5.41) is 11.7. The van der Waals surface area contributed by atoms with Crippen LogP contribution in [0.15, 0.2) is 22.8 Å². The molecular weight excluding hydrogens is 260 g/mol. The molecule has 1 fully saturated rings. The van der Waals surface area contributed by atoms with E-state index in [0.717, 1.165) is 12.8 Å². The van der Waals surface area contributed by atoms with Gasteiger partial charge in [-0.1, -0.05) is 13.3 Å². The molecule has 6 nitrogen and oxygen atoms in total. The van der Waals surface area contributed by atoms with Crippen LogP contribution in [0, 0.1) is 0 Å². The molecule has 1 aromatic rings. The van der Waals surface area contributed by atoms with E-state index < -0.39 is 12.0 Å². The molecule has 20 heavy (non-hydrogen) atoms. The molecular formula is C14H20N2O4. The molecule has 2 N–H and O–H groups in total. The SMILES string of the molecule is CCC[C@@H](NC(=O)N(Cc1ccco1)C1CC1)C(=O)O. The van der Waals surface area contributed by atoms with Gasteiger partial charge in [-0.25, -0.2) is 9.59 Å². The van der Waals surface area contributed by atoms with Gasteiger partial charge in [-0.15, -0.1) is 0 Å². The van der Waals surface area contributed by atoms with Gasteiger partial charge in [0.15, 0.2) is 0 Å². The van der Waals surface area contributed by atoms with Crippen LogP contribution in [0.1, 0.15) is 38.4 Å². The van der Waals surface area contributed by atoms with Gasteiger partial charge in [0.25, 0.3) is 0 Å². The Kier molecular flexibility index (Phi) is 4.65. The van der Waals surface area contributed by atoms with Crippen molar-refractivity contribution in [3.05, 3.63) is 24.2 Å². The minimum absolute atomic E-state index is 0.191. The second-order valence-electron chi connectivity index (χ2n) is 5.07. The molecule has 1 aromatic heterocycles. The molecule has 1 aliphatic rings. The van der Waals surface area contributed by atoms with E-state index in [4.69, 9.17) is 9.52 Å². The van der Waals surface area contributed by atoms with Crippen LogP contribution in [0.5, 0.6) is 0 Å². The fraction of sp³-hybridized carbons (Fsp3) is 0.571. The van der Waals surface area contributed by atoms with Gasteiger partial charge in [0.2, 0.25) is 0 Å². The van der Waals surface area contributed by atoms with Crippen LogP contribution in [0.3, 0.4) is 0 Å². The first-order valence-corrected chi connectivity index (χ1v) is 6.94. The summed E-state index contributed by atoms with van der Waals surface area (Å²) in [5.41, 5.74) is 0. The van der Waals surface area contributed by atoms with Crippen LogP contribution in [0.25, 0.3) is 0 Å². The predicted molar refractivity (Wildman–Crippen MR) is 72.1 cm³/mol. The summed E-state index contributed by atoms with van der Waals surface area (Å²) >= 11 is 0. The summed E-state index contributed by atoms with van der Waals surface area (Å²) in [4.78, 5) is 25.0. The molecule has 0 radical (unpaired) electrons. The maximum atomic E-state index is 12.3. The largest absolute Gasteiger partial charge is 0.480 e. The number of rotatable bonds is 7. The maximum Gasteiger partial charge on any atom is 0.326 e. The predicted octanol–water partition coefficient (Wildman–Crippen LogP) is 2.21. The number of hydrogen-bond acceptors (Lipinski definition) is 3. The molecule has 1 aliphatic carbocycles. The summed E-state index contributed by atoms with van der Waals surface area (Å²) < 4.78 is 5.25. The van der Waals surface area contributed by atoms with E-state index in [0.29, 0.717) is 25.1 Å². The van der Waals surface area contributed by atoms with Crippen molar-refractivity contribution in [3.8, 4) is 0 Å². The van der Waals surface area contributed by atoms with Crippen molar-refractivity contribution in [2.75, 3.05) is 0 Å². The second-order valence-corrected chi connectivity index (χ2v) is 5.07. The Hall–Kier alpha value is -1.98. The average Bonchev–Trinajstić information content (AvgIpc) is 3.12. The normalized spacial score (nSPS) is 15.7. The molecule has 0 bridgehead atoms. The summed E-state index contributed by atoms with van der Waals surface area (Å²) in [6.45, 7) is 2.27. The highest BCUT2D eigenvalue weighted by molar-refractivity contribution is 5.82. The molecule has 2 rings (SSSR count). The summed E-state index contributed by atoms with van der Waals surface area (Å²) in [6.07, 6.45) is 4.62. The van der Waals surface area contributed by atoms with Crippen LogP contribution in [0.4, 0.5) is 4.79 Å². The molecule has 1 heterocycles. The number of urea groups is 1. The third-order valence-corrected chi connectivity index (χ3v) is 3.33. The lowest BCUT2D eigenvalue weighted by molar-refractivity contribution is -0.139. The zero-order valence-corrected chi connectivity index (χ0v) is 11.5. The van der Waals surface area contributed by atoms with E-state index in [1.54, 1.807) is 17.2 Å². The fourth-order valence-corrected chi connectivity index (χ4v) is 2.10. The smallest absolute Gasteiger partial charge is 0.326 e. The first-order valence-electron chi connectivity index (χ1n) is 6.94. The van der Waals surface area contributed by atoms with Crippen molar-refractivity contribution < 1.29 is 19.1 Å². The first-order chi connectivity index (χ1) is 9.61. The number of carbonyl (C=O) groups excluding carboxylic acids is 1. The van der Waals surface area contributed by atoms with Crippen molar-refractivity contribution in [2.24, 2.45) is 0 Å². The summed E-state index contributed by atoms with van der Waals surface area (Å²) in [7, 11) is 0. The zero-order chi connectivity index (χ0) is 14.5. The Morgan fingerprint density at radius 1 is 1.55 bits per heavy atom. The lowest BCUT2D eigenvalue weighted by Gasteiger charge is -2.24. The van der Waals surface area contributed by atoms with Gasteiger partial charge in [-0.2, -0.15) is 0 Å². The zero-order valence-electron chi connectivity index (χ0n) is 11.5. The molecule has 0 saturated heterocycles. The van der Waals surface area contributed by atoms with E-state index in [-0.39, 0.29) is 12.1 Å². The lowest BCUT2D eigenvalue weighted by atomic mass is 10.2. The van der Waals surface area contributed by atoms with Gasteiger partial charge in [0.05, 0.1) is 12.8 Å². The van der Waals surface area contributed by atoms with Gasteiger partial charge >= 0.3 is 12.0 Å². The number of aliphatic carboxylic acids is 1. The number of amides is 2. The highest BCUT2D eigenvalue weighted by Gasteiger charge is 2.34. The molecule has 2 amide bonds. The summed E-state index contributed by atoms with van der Waals surface area (Å²) in [5.74, 6) is -0.289. The van der Waals surface area contributed by atoms with Crippen molar-refractivity contribution in [2.45, 2.75) is 51.2 Å². The van der Waals surface area contributed by atoms with E-state index in [1.807, 2.05) is 13.0 Å². The number of nitrogens with one attached hydrogen (secondary N) is 1. The van der Waals surface area contributed by atoms with Crippen LogP contribution in [-0.2, 0) is 11.3 Å². The van der Waals surface area contributed by atoms with Crippen LogP contribution in [-0.4, -0.2) is 34.1 Å². The molecule has 1 atom stereocenters. The van der Waals surface area contributed by atoms with Gasteiger partial charge < -0.3 is 19.7 Å². The van der Waals surface area contributed by atoms with Gasteiger partial charge in [-0.05, 0) is 31.4 Å². The minimum atomic E-state index is -0.992. The van der Waals surface area contributed by atoms with E-state index in [2.05, 4.69) is 5.32 Å². The molecule has 0 unspecified atom stereocenters. The van der Waals surface area contributed by atoms with Crippen LogP contribution >= 0.6 is 0 Å². The van der Waals surface area contributed by atoms with E-state index in [1.165, 1.54) is 0 Å².